The van der Waals surface area contributed by atoms with E-state index in [0.717, 1.165) is 40.9 Å². The number of aryl methyl sites for hydroxylation is 1. The molecule has 0 bridgehead atoms. The van der Waals surface area contributed by atoms with Crippen LogP contribution in [-0.2, 0) is 6.54 Å². The molecule has 0 saturated carbocycles. The largest absolute Gasteiger partial charge is 0.454 e. The zero-order chi connectivity index (χ0) is 17.5. The van der Waals surface area contributed by atoms with E-state index in [-0.39, 0.29) is 6.79 Å². The van der Waals surface area contributed by atoms with Gasteiger partial charge >= 0.3 is 0 Å². The second kappa shape index (κ2) is 5.87. The minimum Gasteiger partial charge on any atom is -0.454 e. The van der Waals surface area contributed by atoms with E-state index in [4.69, 9.17) is 14.0 Å². The van der Waals surface area contributed by atoms with Crippen LogP contribution in [0.15, 0.2) is 47.2 Å². The van der Waals surface area contributed by atoms with Gasteiger partial charge in [0.2, 0.25) is 12.6 Å². The molecule has 7 nitrogen and oxygen atoms in total. The van der Waals surface area contributed by atoms with Crippen LogP contribution in [0.3, 0.4) is 0 Å². The first-order chi connectivity index (χ1) is 12.8. The zero-order valence-corrected chi connectivity index (χ0v) is 14.2. The van der Waals surface area contributed by atoms with E-state index >= 15 is 0 Å². The number of nitrogens with zero attached hydrogens (tertiary/aromatic N) is 4. The standard InChI is InChI=1S/C19H16N4O3/c1-2-7-23-10-20-14-8-12(3-5-15(14)23)18-21-19(26-22-18)13-4-6-16-17(9-13)25-11-24-16/h3-6,8-10H,2,7,11H2,1H3. The molecule has 0 spiro atoms. The normalized spacial score (nSPS) is 12.8. The summed E-state index contributed by atoms with van der Waals surface area (Å²) in [6.07, 6.45) is 2.93. The Labute approximate surface area is 149 Å². The van der Waals surface area contributed by atoms with Gasteiger partial charge in [-0.15, -0.1) is 0 Å². The Kier molecular flexibility index (Phi) is 3.38. The van der Waals surface area contributed by atoms with Crippen molar-refractivity contribution in [3.05, 3.63) is 42.7 Å². The first-order valence-electron chi connectivity index (χ1n) is 8.51. The van der Waals surface area contributed by atoms with Crippen molar-refractivity contribution in [3.8, 4) is 34.3 Å². The van der Waals surface area contributed by atoms with Crippen molar-refractivity contribution in [2.45, 2.75) is 19.9 Å². The minimum absolute atomic E-state index is 0.235. The second-order valence-corrected chi connectivity index (χ2v) is 6.13. The monoisotopic (exact) mass is 348 g/mol. The molecule has 3 heterocycles. The van der Waals surface area contributed by atoms with Gasteiger partial charge in [-0.2, -0.15) is 4.98 Å². The molecule has 0 fully saturated rings. The fourth-order valence-electron chi connectivity index (χ4n) is 3.11. The van der Waals surface area contributed by atoms with Crippen molar-refractivity contribution >= 4 is 11.0 Å². The number of ether oxygens (including phenoxy) is 2. The highest BCUT2D eigenvalue weighted by atomic mass is 16.7. The Hall–Kier alpha value is -3.35. The van der Waals surface area contributed by atoms with Gasteiger partial charge in [0.25, 0.3) is 5.89 Å². The second-order valence-electron chi connectivity index (χ2n) is 6.13. The molecule has 0 radical (unpaired) electrons. The van der Waals surface area contributed by atoms with Crippen LogP contribution in [0.25, 0.3) is 33.9 Å². The molecule has 1 aliphatic heterocycles. The van der Waals surface area contributed by atoms with E-state index in [9.17, 15) is 0 Å². The summed E-state index contributed by atoms with van der Waals surface area (Å²) in [6.45, 7) is 3.34. The van der Waals surface area contributed by atoms with Crippen LogP contribution >= 0.6 is 0 Å². The Morgan fingerprint density at radius 1 is 1.04 bits per heavy atom. The average molecular weight is 348 g/mol. The molecular weight excluding hydrogens is 332 g/mol. The van der Waals surface area contributed by atoms with Gasteiger partial charge in [0, 0.05) is 17.7 Å². The van der Waals surface area contributed by atoms with Crippen molar-refractivity contribution in [3.63, 3.8) is 0 Å². The van der Waals surface area contributed by atoms with Gasteiger partial charge in [-0.3, -0.25) is 0 Å². The van der Waals surface area contributed by atoms with Gasteiger partial charge in [-0.1, -0.05) is 12.1 Å². The predicted molar refractivity (Wildman–Crippen MR) is 94.9 cm³/mol. The highest BCUT2D eigenvalue weighted by Crippen LogP contribution is 2.36. The van der Waals surface area contributed by atoms with E-state index in [1.54, 1.807) is 0 Å². The zero-order valence-electron chi connectivity index (χ0n) is 14.2. The van der Waals surface area contributed by atoms with Crippen molar-refractivity contribution < 1.29 is 14.0 Å². The maximum absolute atomic E-state index is 5.44. The average Bonchev–Trinajstić information content (AvgIpc) is 3.40. The van der Waals surface area contributed by atoms with Gasteiger partial charge < -0.3 is 18.6 Å². The van der Waals surface area contributed by atoms with Gasteiger partial charge in [0.1, 0.15) is 0 Å². The number of fused-ring (bicyclic) bond motifs is 2. The molecule has 0 amide bonds. The number of aromatic nitrogens is 4. The van der Waals surface area contributed by atoms with Gasteiger partial charge in [-0.25, -0.2) is 4.98 Å². The summed E-state index contributed by atoms with van der Waals surface area (Å²) in [4.78, 5) is 8.99. The lowest BCUT2D eigenvalue weighted by atomic mass is 10.2. The smallest absolute Gasteiger partial charge is 0.258 e. The molecule has 26 heavy (non-hydrogen) atoms. The van der Waals surface area contributed by atoms with Gasteiger partial charge in [-0.05, 0) is 42.8 Å². The summed E-state index contributed by atoms with van der Waals surface area (Å²) in [5, 5.41) is 4.11. The van der Waals surface area contributed by atoms with Crippen molar-refractivity contribution in [1.82, 2.24) is 19.7 Å². The molecule has 2 aromatic carbocycles. The third-order valence-corrected chi connectivity index (χ3v) is 4.39. The fourth-order valence-corrected chi connectivity index (χ4v) is 3.11. The summed E-state index contributed by atoms with van der Waals surface area (Å²) < 4.78 is 18.3. The summed E-state index contributed by atoms with van der Waals surface area (Å²) in [7, 11) is 0. The summed E-state index contributed by atoms with van der Waals surface area (Å²) in [5.74, 6) is 2.38. The molecule has 0 saturated heterocycles. The predicted octanol–water partition coefficient (Wildman–Crippen LogP) is 3.89. The molecule has 7 heteroatoms. The topological polar surface area (TPSA) is 75.2 Å². The van der Waals surface area contributed by atoms with E-state index < -0.39 is 0 Å². The Morgan fingerprint density at radius 3 is 2.85 bits per heavy atom. The molecule has 5 rings (SSSR count). The molecule has 0 unspecified atom stereocenters. The number of rotatable bonds is 4. The lowest BCUT2D eigenvalue weighted by Crippen LogP contribution is -1.93. The molecule has 4 aromatic rings. The third kappa shape index (κ3) is 2.40. The fraction of sp³-hybridized carbons (Fsp3) is 0.211. The third-order valence-electron chi connectivity index (χ3n) is 4.39. The van der Waals surface area contributed by atoms with E-state index in [0.29, 0.717) is 17.5 Å². The first-order valence-corrected chi connectivity index (χ1v) is 8.51. The molecule has 130 valence electrons. The first kappa shape index (κ1) is 14.9. The molecule has 0 N–H and O–H groups in total. The van der Waals surface area contributed by atoms with E-state index in [2.05, 4.69) is 26.6 Å². The molecule has 0 aliphatic carbocycles. The Balaban J connectivity index is 1.49. The van der Waals surface area contributed by atoms with Crippen LogP contribution in [0.2, 0.25) is 0 Å². The van der Waals surface area contributed by atoms with Crippen LogP contribution in [-0.4, -0.2) is 26.5 Å². The molecule has 0 atom stereocenters. The Morgan fingerprint density at radius 2 is 1.92 bits per heavy atom. The maximum Gasteiger partial charge on any atom is 0.258 e. The van der Waals surface area contributed by atoms with Crippen LogP contribution < -0.4 is 9.47 Å². The summed E-state index contributed by atoms with van der Waals surface area (Å²) in [5.41, 5.74) is 3.69. The SMILES string of the molecule is CCCn1cnc2cc(-c3noc(-c4ccc5c(c4)OCO5)n3)ccc21. The minimum atomic E-state index is 0.235. The van der Waals surface area contributed by atoms with E-state index in [1.807, 2.05) is 42.7 Å². The van der Waals surface area contributed by atoms with Crippen LogP contribution in [0.4, 0.5) is 0 Å². The highest BCUT2D eigenvalue weighted by molar-refractivity contribution is 5.80. The van der Waals surface area contributed by atoms with Crippen LogP contribution in [0.1, 0.15) is 13.3 Å². The number of hydrogen-bond donors (Lipinski definition) is 0. The van der Waals surface area contributed by atoms with Crippen molar-refractivity contribution in [2.75, 3.05) is 6.79 Å². The maximum atomic E-state index is 5.44. The lowest BCUT2D eigenvalue weighted by molar-refractivity contribution is 0.174. The summed E-state index contributed by atoms with van der Waals surface area (Å²) in [6, 6.07) is 11.6. The van der Waals surface area contributed by atoms with E-state index in [1.165, 1.54) is 0 Å². The number of imidazole rings is 1. The molecule has 2 aromatic heterocycles. The number of hydrogen-bond acceptors (Lipinski definition) is 6. The lowest BCUT2D eigenvalue weighted by Gasteiger charge is -2.01. The van der Waals surface area contributed by atoms with Crippen LogP contribution in [0.5, 0.6) is 11.5 Å². The highest BCUT2D eigenvalue weighted by Gasteiger charge is 2.17. The summed E-state index contributed by atoms with van der Waals surface area (Å²) >= 11 is 0. The quantitative estimate of drug-likeness (QED) is 0.557. The van der Waals surface area contributed by atoms with Crippen molar-refractivity contribution in [1.29, 1.82) is 0 Å². The Bertz CT molecular complexity index is 1100. The van der Waals surface area contributed by atoms with Crippen LogP contribution in [0, 0.1) is 0 Å². The van der Waals surface area contributed by atoms with Gasteiger partial charge in [0.05, 0.1) is 17.4 Å². The van der Waals surface area contributed by atoms with Crippen molar-refractivity contribution in [2.24, 2.45) is 0 Å². The van der Waals surface area contributed by atoms with Gasteiger partial charge in [0.15, 0.2) is 11.5 Å². The molecular formula is C19H16N4O3. The molecule has 1 aliphatic rings. The number of benzene rings is 2.